The number of aryl methyl sites for hydroxylation is 1. The summed E-state index contributed by atoms with van der Waals surface area (Å²) in [6.07, 6.45) is 0.982. The van der Waals surface area contributed by atoms with Crippen LogP contribution in [0.3, 0.4) is 0 Å². The molecule has 0 aliphatic heterocycles. The van der Waals surface area contributed by atoms with E-state index in [2.05, 4.69) is 0 Å². The fourth-order valence-electron chi connectivity index (χ4n) is 1.76. The van der Waals surface area contributed by atoms with Gasteiger partial charge in [0.2, 0.25) is 5.91 Å². The molecule has 0 bridgehead atoms. The molecule has 1 amide bonds. The van der Waals surface area contributed by atoms with Crippen molar-refractivity contribution in [2.45, 2.75) is 25.7 Å². The summed E-state index contributed by atoms with van der Waals surface area (Å²) in [5.74, 6) is -0.0807. The average Bonchev–Trinajstić information content (AvgIpc) is 2.40. The standard InChI is InChI=1S/C14H21NO3/c1-11-4-6-12(7-5-11)13(10-16)8-9-14(17)15(2)18-3/h4-7,13,16H,8-10H2,1-3H3. The Morgan fingerprint density at radius 2 is 2.00 bits per heavy atom. The summed E-state index contributed by atoms with van der Waals surface area (Å²) in [6.45, 7) is 2.07. The summed E-state index contributed by atoms with van der Waals surface area (Å²) in [6, 6.07) is 8.03. The van der Waals surface area contributed by atoms with Gasteiger partial charge in [-0.05, 0) is 18.9 Å². The van der Waals surface area contributed by atoms with E-state index in [4.69, 9.17) is 4.84 Å². The highest BCUT2D eigenvalue weighted by Crippen LogP contribution is 2.21. The second-order valence-electron chi connectivity index (χ2n) is 4.40. The van der Waals surface area contributed by atoms with Gasteiger partial charge in [-0.15, -0.1) is 0 Å². The average molecular weight is 251 g/mol. The lowest BCUT2D eigenvalue weighted by molar-refractivity contribution is -0.168. The molecule has 0 aliphatic rings. The third-order valence-electron chi connectivity index (χ3n) is 3.10. The lowest BCUT2D eigenvalue weighted by atomic mass is 9.94. The zero-order valence-electron chi connectivity index (χ0n) is 11.2. The van der Waals surface area contributed by atoms with Gasteiger partial charge in [0, 0.05) is 26.0 Å². The van der Waals surface area contributed by atoms with Crippen LogP contribution in [0.2, 0.25) is 0 Å². The van der Waals surface area contributed by atoms with Gasteiger partial charge in [-0.2, -0.15) is 0 Å². The zero-order valence-corrected chi connectivity index (χ0v) is 11.2. The number of carbonyl (C=O) groups excluding carboxylic acids is 1. The van der Waals surface area contributed by atoms with E-state index in [9.17, 15) is 9.90 Å². The Hall–Kier alpha value is -1.39. The Morgan fingerprint density at radius 1 is 1.39 bits per heavy atom. The Labute approximate surface area is 108 Å². The Balaban J connectivity index is 2.57. The molecule has 0 spiro atoms. The lowest BCUT2D eigenvalue weighted by Gasteiger charge is -2.17. The maximum Gasteiger partial charge on any atom is 0.245 e. The van der Waals surface area contributed by atoms with Gasteiger partial charge in [-0.25, -0.2) is 5.06 Å². The van der Waals surface area contributed by atoms with E-state index in [0.29, 0.717) is 12.8 Å². The van der Waals surface area contributed by atoms with Crippen LogP contribution >= 0.6 is 0 Å². The highest BCUT2D eigenvalue weighted by molar-refractivity contribution is 5.74. The van der Waals surface area contributed by atoms with Crippen LogP contribution in [0.25, 0.3) is 0 Å². The summed E-state index contributed by atoms with van der Waals surface area (Å²) in [4.78, 5) is 16.4. The predicted octanol–water partition coefficient (Wildman–Crippen LogP) is 1.87. The van der Waals surface area contributed by atoms with Gasteiger partial charge in [0.05, 0.1) is 7.11 Å². The highest BCUT2D eigenvalue weighted by Gasteiger charge is 2.14. The summed E-state index contributed by atoms with van der Waals surface area (Å²) >= 11 is 0. The van der Waals surface area contributed by atoms with E-state index in [-0.39, 0.29) is 18.4 Å². The minimum absolute atomic E-state index is 0.000180. The summed E-state index contributed by atoms with van der Waals surface area (Å²) in [7, 11) is 3.05. The van der Waals surface area contributed by atoms with Crippen molar-refractivity contribution in [2.24, 2.45) is 0 Å². The predicted molar refractivity (Wildman–Crippen MR) is 70.0 cm³/mol. The van der Waals surface area contributed by atoms with Gasteiger partial charge >= 0.3 is 0 Å². The minimum Gasteiger partial charge on any atom is -0.396 e. The van der Waals surface area contributed by atoms with Gasteiger partial charge in [-0.3, -0.25) is 9.63 Å². The van der Waals surface area contributed by atoms with E-state index >= 15 is 0 Å². The monoisotopic (exact) mass is 251 g/mol. The van der Waals surface area contributed by atoms with Crippen molar-refractivity contribution in [3.05, 3.63) is 35.4 Å². The number of hydroxylamine groups is 2. The number of aliphatic hydroxyl groups excluding tert-OH is 1. The van der Waals surface area contributed by atoms with E-state index in [1.54, 1.807) is 7.05 Å². The van der Waals surface area contributed by atoms with Crippen LogP contribution in [0.5, 0.6) is 0 Å². The van der Waals surface area contributed by atoms with Gasteiger partial charge in [0.25, 0.3) is 0 Å². The smallest absolute Gasteiger partial charge is 0.245 e. The maximum atomic E-state index is 11.6. The molecule has 1 unspecified atom stereocenters. The quantitative estimate of drug-likeness (QED) is 0.785. The number of benzene rings is 1. The van der Waals surface area contributed by atoms with Gasteiger partial charge in [0.1, 0.15) is 0 Å². The number of hydrogen-bond donors (Lipinski definition) is 1. The second kappa shape index (κ2) is 7.13. The summed E-state index contributed by atoms with van der Waals surface area (Å²) < 4.78 is 0. The first-order valence-electron chi connectivity index (χ1n) is 6.06. The van der Waals surface area contributed by atoms with E-state index in [0.717, 1.165) is 5.56 Å². The first-order valence-corrected chi connectivity index (χ1v) is 6.06. The molecule has 100 valence electrons. The van der Waals surface area contributed by atoms with Gasteiger partial charge in [-0.1, -0.05) is 29.8 Å². The number of amides is 1. The first kappa shape index (κ1) is 14.7. The van der Waals surface area contributed by atoms with Crippen molar-refractivity contribution < 1.29 is 14.7 Å². The fourth-order valence-corrected chi connectivity index (χ4v) is 1.76. The topological polar surface area (TPSA) is 49.8 Å². The zero-order chi connectivity index (χ0) is 13.5. The summed E-state index contributed by atoms with van der Waals surface area (Å²) in [5.41, 5.74) is 2.25. The van der Waals surface area contributed by atoms with Crippen molar-refractivity contribution in [1.82, 2.24) is 5.06 Å². The SMILES string of the molecule is CON(C)C(=O)CCC(CO)c1ccc(C)cc1. The fraction of sp³-hybridized carbons (Fsp3) is 0.500. The van der Waals surface area contributed by atoms with E-state index in [1.165, 1.54) is 17.7 Å². The van der Waals surface area contributed by atoms with E-state index < -0.39 is 0 Å². The molecular weight excluding hydrogens is 230 g/mol. The minimum atomic E-state index is -0.0805. The van der Waals surface area contributed by atoms with Crippen LogP contribution in [0.4, 0.5) is 0 Å². The van der Waals surface area contributed by atoms with Crippen LogP contribution < -0.4 is 0 Å². The molecule has 1 atom stereocenters. The molecule has 1 N–H and O–H groups in total. The Morgan fingerprint density at radius 3 is 2.50 bits per heavy atom. The third kappa shape index (κ3) is 4.13. The number of aliphatic hydroxyl groups is 1. The van der Waals surface area contributed by atoms with Crippen LogP contribution in [0.15, 0.2) is 24.3 Å². The molecule has 1 rings (SSSR count). The van der Waals surface area contributed by atoms with Crippen molar-refractivity contribution in [3.8, 4) is 0 Å². The molecule has 1 aromatic rings. The van der Waals surface area contributed by atoms with Crippen LogP contribution in [-0.4, -0.2) is 36.8 Å². The molecule has 4 heteroatoms. The van der Waals surface area contributed by atoms with Crippen molar-refractivity contribution in [2.75, 3.05) is 20.8 Å². The van der Waals surface area contributed by atoms with Crippen LogP contribution in [0, 0.1) is 6.92 Å². The molecule has 1 aromatic carbocycles. The molecule has 18 heavy (non-hydrogen) atoms. The lowest BCUT2D eigenvalue weighted by Crippen LogP contribution is -2.25. The molecule has 0 saturated carbocycles. The molecule has 0 saturated heterocycles. The highest BCUT2D eigenvalue weighted by atomic mass is 16.7. The maximum absolute atomic E-state index is 11.6. The molecule has 4 nitrogen and oxygen atoms in total. The number of hydrogen-bond acceptors (Lipinski definition) is 3. The largest absolute Gasteiger partial charge is 0.396 e. The first-order chi connectivity index (χ1) is 8.58. The molecule has 0 aliphatic carbocycles. The molecule has 0 radical (unpaired) electrons. The normalized spacial score (nSPS) is 12.2. The van der Waals surface area contributed by atoms with Crippen LogP contribution in [0.1, 0.15) is 29.9 Å². The van der Waals surface area contributed by atoms with Crippen molar-refractivity contribution in [3.63, 3.8) is 0 Å². The number of carbonyl (C=O) groups is 1. The van der Waals surface area contributed by atoms with Gasteiger partial charge < -0.3 is 5.11 Å². The number of nitrogens with zero attached hydrogens (tertiary/aromatic N) is 1. The molecule has 0 fully saturated rings. The molecule has 0 aromatic heterocycles. The molecule has 0 heterocycles. The van der Waals surface area contributed by atoms with E-state index in [1.807, 2.05) is 31.2 Å². The van der Waals surface area contributed by atoms with Crippen molar-refractivity contribution in [1.29, 1.82) is 0 Å². The van der Waals surface area contributed by atoms with Crippen molar-refractivity contribution >= 4 is 5.91 Å². The summed E-state index contributed by atoms with van der Waals surface area (Å²) in [5, 5.41) is 10.6. The Bertz CT molecular complexity index is 375. The van der Waals surface area contributed by atoms with Gasteiger partial charge in [0.15, 0.2) is 0 Å². The third-order valence-corrected chi connectivity index (χ3v) is 3.10. The molecular formula is C14H21NO3. The number of rotatable bonds is 6. The van der Waals surface area contributed by atoms with Crippen LogP contribution in [-0.2, 0) is 9.63 Å². The Kier molecular flexibility index (Phi) is 5.82. The second-order valence-corrected chi connectivity index (χ2v) is 4.40.